The van der Waals surface area contributed by atoms with E-state index >= 15 is 0 Å². The molecule has 0 atom stereocenters. The highest BCUT2D eigenvalue weighted by atomic mass is 16.3. The third-order valence-electron chi connectivity index (χ3n) is 2.03. The number of hydrogen-bond acceptors (Lipinski definition) is 2. The Labute approximate surface area is 80.7 Å². The van der Waals surface area contributed by atoms with Crippen molar-refractivity contribution in [2.75, 3.05) is 19.7 Å². The van der Waals surface area contributed by atoms with Crippen molar-refractivity contribution in [3.8, 4) is 0 Å². The molecule has 78 valence electrons. The molecule has 0 aromatic rings. The average Bonchev–Trinajstić information content (AvgIpc) is 2.07. The van der Waals surface area contributed by atoms with Gasteiger partial charge in [-0.25, -0.2) is 0 Å². The van der Waals surface area contributed by atoms with E-state index in [1.54, 1.807) is 0 Å². The molecular weight excluding hydrogens is 166 g/mol. The van der Waals surface area contributed by atoms with Gasteiger partial charge in [-0.3, -0.25) is 4.79 Å². The van der Waals surface area contributed by atoms with E-state index in [0.29, 0.717) is 12.3 Å². The molecule has 0 unspecified atom stereocenters. The largest absolute Gasteiger partial charge is 0.396 e. The van der Waals surface area contributed by atoms with Crippen molar-refractivity contribution in [1.29, 1.82) is 0 Å². The Bertz CT molecular complexity index is 142. The summed E-state index contributed by atoms with van der Waals surface area (Å²) in [7, 11) is 0. The van der Waals surface area contributed by atoms with Gasteiger partial charge in [-0.1, -0.05) is 20.8 Å². The molecule has 1 amide bonds. The molecular formula is C10H21NO2. The minimum absolute atomic E-state index is 0.218. The minimum Gasteiger partial charge on any atom is -0.396 e. The molecule has 13 heavy (non-hydrogen) atoms. The number of carbonyl (C=O) groups is 1. The molecule has 0 spiro atoms. The maximum absolute atomic E-state index is 11.1. The molecule has 0 saturated carbocycles. The number of rotatable bonds is 3. The Morgan fingerprint density at radius 1 is 1.46 bits per heavy atom. The first-order valence-electron chi connectivity index (χ1n) is 5.16. The summed E-state index contributed by atoms with van der Waals surface area (Å²) in [6, 6.07) is 0. The number of amides is 1. The first-order valence-corrected chi connectivity index (χ1v) is 5.16. The third kappa shape index (κ3) is 3.77. The first-order chi connectivity index (χ1) is 6.27. The van der Waals surface area contributed by atoms with E-state index in [1.165, 1.54) is 0 Å². The molecule has 1 saturated heterocycles. The van der Waals surface area contributed by atoms with Crippen molar-refractivity contribution in [3.05, 3.63) is 0 Å². The van der Waals surface area contributed by atoms with Gasteiger partial charge in [-0.05, 0) is 6.42 Å². The Balaban J connectivity index is 0.000000671. The van der Waals surface area contributed by atoms with E-state index in [0.717, 1.165) is 19.5 Å². The van der Waals surface area contributed by atoms with Crippen LogP contribution >= 0.6 is 0 Å². The number of aliphatic hydroxyl groups is 1. The zero-order valence-corrected chi connectivity index (χ0v) is 8.92. The van der Waals surface area contributed by atoms with Gasteiger partial charge < -0.3 is 10.0 Å². The second kappa shape index (κ2) is 6.89. The van der Waals surface area contributed by atoms with Crippen molar-refractivity contribution in [3.63, 3.8) is 0 Å². The lowest BCUT2D eigenvalue weighted by molar-refractivity contribution is -0.138. The number of carbonyl (C=O) groups excluding carboxylic acids is 1. The topological polar surface area (TPSA) is 40.5 Å². The molecule has 3 heteroatoms. The predicted molar refractivity (Wildman–Crippen MR) is 53.4 cm³/mol. The monoisotopic (exact) mass is 187 g/mol. The van der Waals surface area contributed by atoms with Crippen LogP contribution in [0.2, 0.25) is 0 Å². The second-order valence-electron chi connectivity index (χ2n) is 3.10. The highest BCUT2D eigenvalue weighted by molar-refractivity contribution is 5.76. The number of aliphatic hydroxyl groups excluding tert-OH is 1. The molecule has 0 radical (unpaired) electrons. The molecule has 1 fully saturated rings. The van der Waals surface area contributed by atoms with Crippen LogP contribution in [0.3, 0.4) is 0 Å². The summed E-state index contributed by atoms with van der Waals surface area (Å²) >= 11 is 0. The van der Waals surface area contributed by atoms with Gasteiger partial charge in [0, 0.05) is 32.0 Å². The van der Waals surface area contributed by atoms with Crippen LogP contribution in [0.4, 0.5) is 0 Å². The Hall–Kier alpha value is -0.570. The molecule has 0 bridgehead atoms. The van der Waals surface area contributed by atoms with Gasteiger partial charge in [0.05, 0.1) is 0 Å². The van der Waals surface area contributed by atoms with Crippen molar-refractivity contribution >= 4 is 5.91 Å². The third-order valence-corrected chi connectivity index (χ3v) is 2.03. The van der Waals surface area contributed by atoms with Crippen LogP contribution in [0, 0.1) is 5.92 Å². The second-order valence-corrected chi connectivity index (χ2v) is 3.10. The van der Waals surface area contributed by atoms with Gasteiger partial charge in [-0.15, -0.1) is 0 Å². The summed E-state index contributed by atoms with van der Waals surface area (Å²) in [5.41, 5.74) is 0. The van der Waals surface area contributed by atoms with Crippen LogP contribution in [0.5, 0.6) is 0 Å². The smallest absolute Gasteiger partial charge is 0.222 e. The molecule has 1 aliphatic heterocycles. The fourth-order valence-electron chi connectivity index (χ4n) is 1.26. The zero-order valence-electron chi connectivity index (χ0n) is 8.92. The number of likely N-dealkylation sites (tertiary alicyclic amines) is 1. The van der Waals surface area contributed by atoms with Gasteiger partial charge in [0.2, 0.25) is 5.91 Å². The van der Waals surface area contributed by atoms with E-state index < -0.39 is 0 Å². The summed E-state index contributed by atoms with van der Waals surface area (Å²) in [6.07, 6.45) is 1.57. The Morgan fingerprint density at radius 3 is 2.38 bits per heavy atom. The highest BCUT2D eigenvalue weighted by Gasteiger charge is 2.28. The van der Waals surface area contributed by atoms with Crippen molar-refractivity contribution in [1.82, 2.24) is 4.90 Å². The van der Waals surface area contributed by atoms with Crippen LogP contribution in [0.15, 0.2) is 0 Å². The molecule has 0 aromatic heterocycles. The zero-order chi connectivity index (χ0) is 10.3. The molecule has 1 rings (SSSR count). The lowest BCUT2D eigenvalue weighted by Crippen LogP contribution is -2.51. The van der Waals surface area contributed by atoms with Crippen LogP contribution in [0.25, 0.3) is 0 Å². The maximum Gasteiger partial charge on any atom is 0.222 e. The fourth-order valence-corrected chi connectivity index (χ4v) is 1.26. The summed E-state index contributed by atoms with van der Waals surface area (Å²) in [5, 5.41) is 8.68. The van der Waals surface area contributed by atoms with Crippen molar-refractivity contribution in [2.24, 2.45) is 5.92 Å². The quantitative estimate of drug-likeness (QED) is 0.722. The minimum atomic E-state index is 0.218. The van der Waals surface area contributed by atoms with Crippen LogP contribution in [0.1, 0.15) is 33.6 Å². The van der Waals surface area contributed by atoms with Gasteiger partial charge in [-0.2, -0.15) is 0 Å². The molecule has 0 aromatic carbocycles. The molecule has 3 nitrogen and oxygen atoms in total. The molecule has 1 N–H and O–H groups in total. The standard InChI is InChI=1S/C8H15NO2.C2H6/c1-2-3-8(11)9-4-7(5-9)6-10;1-2/h7,10H,2-6H2,1H3;1-2H3. The van der Waals surface area contributed by atoms with E-state index in [4.69, 9.17) is 5.11 Å². The first kappa shape index (κ1) is 12.4. The maximum atomic E-state index is 11.1. The van der Waals surface area contributed by atoms with Crippen molar-refractivity contribution in [2.45, 2.75) is 33.6 Å². The summed E-state index contributed by atoms with van der Waals surface area (Å²) in [4.78, 5) is 12.9. The fraction of sp³-hybridized carbons (Fsp3) is 0.900. The summed E-state index contributed by atoms with van der Waals surface area (Å²) in [5.74, 6) is 0.577. The lowest BCUT2D eigenvalue weighted by atomic mass is 10.0. The molecule has 0 aliphatic carbocycles. The normalized spacial score (nSPS) is 15.8. The van der Waals surface area contributed by atoms with Gasteiger partial charge in [0.15, 0.2) is 0 Å². The van der Waals surface area contributed by atoms with E-state index in [1.807, 2.05) is 25.7 Å². The van der Waals surface area contributed by atoms with Gasteiger partial charge in [0.1, 0.15) is 0 Å². The lowest BCUT2D eigenvalue weighted by Gasteiger charge is -2.38. The number of nitrogens with zero attached hydrogens (tertiary/aromatic N) is 1. The van der Waals surface area contributed by atoms with Crippen LogP contribution < -0.4 is 0 Å². The van der Waals surface area contributed by atoms with Gasteiger partial charge in [0.25, 0.3) is 0 Å². The Kier molecular flexibility index (Phi) is 6.59. The van der Waals surface area contributed by atoms with E-state index in [2.05, 4.69) is 0 Å². The van der Waals surface area contributed by atoms with Gasteiger partial charge >= 0.3 is 0 Å². The predicted octanol–water partition coefficient (Wildman–Crippen LogP) is 1.26. The van der Waals surface area contributed by atoms with Crippen LogP contribution in [-0.4, -0.2) is 35.6 Å². The van der Waals surface area contributed by atoms with Crippen LogP contribution in [-0.2, 0) is 4.79 Å². The SMILES string of the molecule is CC.CCCC(=O)N1CC(CO)C1. The van der Waals surface area contributed by atoms with Crippen molar-refractivity contribution < 1.29 is 9.90 Å². The molecule has 1 aliphatic rings. The van der Waals surface area contributed by atoms with E-state index in [-0.39, 0.29) is 12.5 Å². The number of hydrogen-bond donors (Lipinski definition) is 1. The highest BCUT2D eigenvalue weighted by Crippen LogP contribution is 2.15. The molecule has 1 heterocycles. The summed E-state index contributed by atoms with van der Waals surface area (Å²) in [6.45, 7) is 7.74. The summed E-state index contributed by atoms with van der Waals surface area (Å²) < 4.78 is 0. The van der Waals surface area contributed by atoms with E-state index in [9.17, 15) is 4.79 Å². The Morgan fingerprint density at radius 2 is 2.00 bits per heavy atom. The average molecular weight is 187 g/mol.